The minimum absolute atomic E-state index is 0.0402. The van der Waals surface area contributed by atoms with Gasteiger partial charge in [0, 0.05) is 30.8 Å². The summed E-state index contributed by atoms with van der Waals surface area (Å²) < 4.78 is 60.3. The number of alkyl halides is 3. The van der Waals surface area contributed by atoms with Gasteiger partial charge in [-0.3, -0.25) is 14.3 Å². The van der Waals surface area contributed by atoms with Crippen molar-refractivity contribution in [3.63, 3.8) is 0 Å². The Balaban J connectivity index is 1.41. The van der Waals surface area contributed by atoms with Crippen molar-refractivity contribution in [1.82, 2.24) is 15.1 Å². The average molecular weight is 551 g/mol. The fourth-order valence-corrected chi connectivity index (χ4v) is 5.88. The number of amides is 2. The minimum Gasteiger partial charge on any atom is -0.493 e. The zero-order chi connectivity index (χ0) is 27.9. The lowest BCUT2D eigenvalue weighted by Gasteiger charge is -2.30. The third-order valence-corrected chi connectivity index (χ3v) is 7.80. The molecule has 5 rings (SSSR count). The monoisotopic (exact) mass is 550 g/mol. The van der Waals surface area contributed by atoms with Gasteiger partial charge >= 0.3 is 6.18 Å². The average Bonchev–Trinajstić information content (AvgIpc) is 3.37. The number of aliphatic hydroxyl groups is 1. The van der Waals surface area contributed by atoms with Crippen molar-refractivity contribution >= 4 is 17.5 Å². The first-order valence-electron chi connectivity index (χ1n) is 13.0. The molecule has 1 heterocycles. The van der Waals surface area contributed by atoms with Crippen LogP contribution in [-0.2, 0) is 17.5 Å². The number of ether oxygens (including phenoxy) is 1. The Kier molecular flexibility index (Phi) is 7.41. The molecular weight excluding hydrogens is 520 g/mol. The zero-order valence-corrected chi connectivity index (χ0v) is 21.3. The van der Waals surface area contributed by atoms with Gasteiger partial charge in [0.2, 0.25) is 5.91 Å². The van der Waals surface area contributed by atoms with E-state index in [1.54, 1.807) is 6.20 Å². The maximum atomic E-state index is 13.8. The molecule has 2 aromatic rings. The van der Waals surface area contributed by atoms with E-state index in [0.717, 1.165) is 37.3 Å². The largest absolute Gasteiger partial charge is 0.493 e. The van der Waals surface area contributed by atoms with Crippen molar-refractivity contribution in [2.45, 2.75) is 50.9 Å². The van der Waals surface area contributed by atoms with Gasteiger partial charge in [0.05, 0.1) is 24.8 Å². The lowest BCUT2D eigenvalue weighted by Crippen LogP contribution is -2.48. The zero-order valence-electron chi connectivity index (χ0n) is 21.3. The molecule has 210 valence electrons. The Labute approximate surface area is 222 Å². The van der Waals surface area contributed by atoms with Crippen LogP contribution in [0.3, 0.4) is 0 Å². The van der Waals surface area contributed by atoms with Gasteiger partial charge in [-0.05, 0) is 62.1 Å². The number of aliphatic hydroxyl groups excluding tert-OH is 1. The highest BCUT2D eigenvalue weighted by atomic mass is 19.4. The second-order valence-electron chi connectivity index (χ2n) is 10.4. The van der Waals surface area contributed by atoms with E-state index in [1.165, 1.54) is 11.8 Å². The number of nitrogens with one attached hydrogen (secondary N) is 2. The van der Waals surface area contributed by atoms with Gasteiger partial charge in [-0.25, -0.2) is 4.39 Å². The van der Waals surface area contributed by atoms with Gasteiger partial charge in [-0.1, -0.05) is 11.6 Å². The summed E-state index contributed by atoms with van der Waals surface area (Å²) in [7, 11) is 1.41. The highest BCUT2D eigenvalue weighted by Crippen LogP contribution is 2.54. The molecule has 3 aliphatic rings. The molecule has 4 atom stereocenters. The third kappa shape index (κ3) is 5.52. The Morgan fingerprint density at radius 2 is 1.95 bits per heavy atom. The van der Waals surface area contributed by atoms with Crippen molar-refractivity contribution in [2.75, 3.05) is 19.0 Å². The number of fused-ring (bicyclic) bond motifs is 2. The van der Waals surface area contributed by atoms with E-state index in [2.05, 4.69) is 21.8 Å². The normalized spacial score (nSPS) is 25.2. The second-order valence-corrected chi connectivity index (χ2v) is 10.4. The van der Waals surface area contributed by atoms with Crippen LogP contribution in [0.25, 0.3) is 0 Å². The molecule has 3 fully saturated rings. The van der Waals surface area contributed by atoms with E-state index in [-0.39, 0.29) is 35.6 Å². The summed E-state index contributed by atoms with van der Waals surface area (Å²) in [5, 5.41) is 18.9. The number of halogens is 4. The third-order valence-electron chi connectivity index (χ3n) is 7.80. The van der Waals surface area contributed by atoms with Crippen molar-refractivity contribution in [2.24, 2.45) is 23.7 Å². The second kappa shape index (κ2) is 10.6. The number of hydrogen-bond acceptors (Lipinski definition) is 5. The number of anilines is 1. The van der Waals surface area contributed by atoms with Crippen LogP contribution in [0.15, 0.2) is 36.0 Å². The van der Waals surface area contributed by atoms with Crippen molar-refractivity contribution in [3.05, 3.63) is 53.1 Å². The van der Waals surface area contributed by atoms with Gasteiger partial charge in [0.15, 0.2) is 11.4 Å². The molecule has 2 bridgehead atoms. The fourth-order valence-electron chi connectivity index (χ4n) is 5.88. The highest BCUT2D eigenvalue weighted by molar-refractivity contribution is 5.97. The van der Waals surface area contributed by atoms with E-state index in [1.807, 2.05) is 0 Å². The number of methoxy groups -OCH3 is 1. The van der Waals surface area contributed by atoms with Crippen LogP contribution >= 0.6 is 0 Å². The molecule has 2 amide bonds. The maximum Gasteiger partial charge on any atom is 0.419 e. The molecule has 3 aliphatic carbocycles. The summed E-state index contributed by atoms with van der Waals surface area (Å²) in [4.78, 5) is 26.9. The smallest absolute Gasteiger partial charge is 0.419 e. The van der Waals surface area contributed by atoms with E-state index in [9.17, 15) is 27.2 Å². The number of carbonyl (C=O) groups is 2. The van der Waals surface area contributed by atoms with E-state index < -0.39 is 41.3 Å². The van der Waals surface area contributed by atoms with Crippen LogP contribution in [-0.4, -0.2) is 46.5 Å². The topological polar surface area (TPSA) is 105 Å². The van der Waals surface area contributed by atoms with Crippen LogP contribution in [0.5, 0.6) is 5.75 Å². The van der Waals surface area contributed by atoms with Gasteiger partial charge in [-0.15, -0.1) is 0 Å². The van der Waals surface area contributed by atoms with Crippen LogP contribution in [0.1, 0.15) is 48.2 Å². The highest BCUT2D eigenvalue weighted by Gasteiger charge is 2.55. The SMILES string of the molecule is COc1cn(CCCO)nc1C(=O)N[C@@H]1C2CCC(/C2=C/C2CC2)[C@@H]1C(=O)Nc1ccc(F)c(C(F)(F)F)c1. The van der Waals surface area contributed by atoms with Crippen molar-refractivity contribution < 1.29 is 37.0 Å². The number of rotatable bonds is 9. The molecule has 1 aromatic heterocycles. The number of allylic oxidation sites excluding steroid dienone is 1. The Hall–Kier alpha value is -3.41. The molecule has 2 unspecified atom stereocenters. The first-order chi connectivity index (χ1) is 18.6. The first-order valence-corrected chi connectivity index (χ1v) is 13.0. The Bertz CT molecular complexity index is 1290. The van der Waals surface area contributed by atoms with Crippen molar-refractivity contribution in [1.29, 1.82) is 0 Å². The van der Waals surface area contributed by atoms with Gasteiger partial charge in [-0.2, -0.15) is 18.3 Å². The van der Waals surface area contributed by atoms with Crippen LogP contribution in [0.2, 0.25) is 0 Å². The van der Waals surface area contributed by atoms with Crippen molar-refractivity contribution in [3.8, 4) is 5.75 Å². The molecule has 39 heavy (non-hydrogen) atoms. The molecule has 1 aromatic carbocycles. The fraction of sp³-hybridized carbons (Fsp3) is 0.519. The number of nitrogens with zero attached hydrogens (tertiary/aromatic N) is 2. The predicted octanol–water partition coefficient (Wildman–Crippen LogP) is 4.16. The van der Waals surface area contributed by atoms with E-state index in [0.29, 0.717) is 31.0 Å². The Morgan fingerprint density at radius 3 is 2.62 bits per heavy atom. The number of aryl methyl sites for hydroxylation is 1. The maximum absolute atomic E-state index is 13.8. The molecule has 0 aliphatic heterocycles. The lowest BCUT2D eigenvalue weighted by atomic mass is 9.83. The number of benzene rings is 1. The Morgan fingerprint density at radius 1 is 1.21 bits per heavy atom. The molecule has 0 spiro atoms. The summed E-state index contributed by atoms with van der Waals surface area (Å²) in [6.07, 6.45) is 2.91. The number of carbonyl (C=O) groups excluding carboxylic acids is 2. The number of hydrogen-bond donors (Lipinski definition) is 3. The quantitative estimate of drug-likeness (QED) is 0.321. The summed E-state index contributed by atoms with van der Waals surface area (Å²) in [6, 6.07) is 1.75. The molecule has 0 radical (unpaired) electrons. The standard InChI is InChI=1S/C27H30F4N4O4/c1-39-21-13-35(9-2-10-36)34-24(21)26(38)33-23-17-7-6-16(18(17)11-14-3-4-14)22(23)25(37)32-15-5-8-20(28)19(12-15)27(29,30)31/h5,8,11-14,16-17,22-23,36H,2-4,6-7,9-10H2,1H3,(H,32,37)(H,33,38)/b18-11-/t16?,17?,22-,23+/m0/s1. The molecule has 8 nitrogen and oxygen atoms in total. The van der Waals surface area contributed by atoms with E-state index in [4.69, 9.17) is 9.84 Å². The molecule has 0 saturated heterocycles. The predicted molar refractivity (Wildman–Crippen MR) is 132 cm³/mol. The number of aromatic nitrogens is 2. The summed E-state index contributed by atoms with van der Waals surface area (Å²) in [5.74, 6) is -2.77. The molecule has 12 heteroatoms. The minimum atomic E-state index is -4.91. The molecule has 3 N–H and O–H groups in total. The van der Waals surface area contributed by atoms with E-state index >= 15 is 0 Å². The summed E-state index contributed by atoms with van der Waals surface area (Å²) in [5.41, 5.74) is -0.480. The lowest BCUT2D eigenvalue weighted by molar-refractivity contribution is -0.140. The van der Waals surface area contributed by atoms with Gasteiger partial charge in [0.1, 0.15) is 5.82 Å². The van der Waals surface area contributed by atoms with Gasteiger partial charge < -0.3 is 20.5 Å². The summed E-state index contributed by atoms with van der Waals surface area (Å²) >= 11 is 0. The van der Waals surface area contributed by atoms with Crippen LogP contribution < -0.4 is 15.4 Å². The van der Waals surface area contributed by atoms with Crippen LogP contribution in [0.4, 0.5) is 23.2 Å². The molecular formula is C27H30F4N4O4. The van der Waals surface area contributed by atoms with Crippen LogP contribution in [0, 0.1) is 29.5 Å². The summed E-state index contributed by atoms with van der Waals surface area (Å²) in [6.45, 7) is 0.339. The van der Waals surface area contributed by atoms with Gasteiger partial charge in [0.25, 0.3) is 5.91 Å². The first kappa shape index (κ1) is 27.2. The molecule has 3 saturated carbocycles.